The van der Waals surface area contributed by atoms with Gasteiger partial charge >= 0.3 is 5.97 Å². The van der Waals surface area contributed by atoms with E-state index < -0.39 is 18.4 Å². The Bertz CT molecular complexity index is 659. The quantitative estimate of drug-likeness (QED) is 0.668. The van der Waals surface area contributed by atoms with Gasteiger partial charge in [0.05, 0.1) is 5.56 Å². The van der Waals surface area contributed by atoms with Crippen molar-refractivity contribution < 1.29 is 24.5 Å². The molecule has 1 aromatic heterocycles. The van der Waals surface area contributed by atoms with E-state index in [0.29, 0.717) is 4.88 Å². The van der Waals surface area contributed by atoms with E-state index >= 15 is 0 Å². The van der Waals surface area contributed by atoms with Crippen LogP contribution in [0.1, 0.15) is 25.6 Å². The molecular formula is C14H12O5S. The van der Waals surface area contributed by atoms with Gasteiger partial charge in [0.1, 0.15) is 16.4 Å². The maximum Gasteiger partial charge on any atom is 0.349 e. The molecule has 0 aliphatic rings. The molecule has 0 bridgehead atoms. The summed E-state index contributed by atoms with van der Waals surface area (Å²) in [6.07, 6.45) is 0. The lowest BCUT2D eigenvalue weighted by molar-refractivity contribution is 0.0478. The SMILES string of the molecule is Cc1ccsc1C(=O)OCC(=O)c1ccc(O)cc1O. The predicted octanol–water partition coefficient (Wildman–Crippen LogP) is 2.51. The zero-order valence-electron chi connectivity index (χ0n) is 10.6. The van der Waals surface area contributed by atoms with Crippen molar-refractivity contribution in [3.05, 3.63) is 45.6 Å². The molecule has 2 rings (SSSR count). The number of esters is 1. The van der Waals surface area contributed by atoms with Crippen LogP contribution in [-0.4, -0.2) is 28.6 Å². The Morgan fingerprint density at radius 3 is 2.60 bits per heavy atom. The molecule has 1 aromatic carbocycles. The Morgan fingerprint density at radius 2 is 2.00 bits per heavy atom. The summed E-state index contributed by atoms with van der Waals surface area (Å²) >= 11 is 1.24. The monoisotopic (exact) mass is 292 g/mol. The summed E-state index contributed by atoms with van der Waals surface area (Å²) in [5.41, 5.74) is 0.790. The number of thiophene rings is 1. The van der Waals surface area contributed by atoms with Crippen molar-refractivity contribution in [3.63, 3.8) is 0 Å². The second-order valence-electron chi connectivity index (χ2n) is 4.13. The van der Waals surface area contributed by atoms with Gasteiger partial charge in [0.15, 0.2) is 6.61 Å². The van der Waals surface area contributed by atoms with Crippen molar-refractivity contribution >= 4 is 23.1 Å². The lowest BCUT2D eigenvalue weighted by Gasteiger charge is -2.05. The largest absolute Gasteiger partial charge is 0.508 e. The van der Waals surface area contributed by atoms with Gasteiger partial charge in [-0.15, -0.1) is 11.3 Å². The molecule has 104 valence electrons. The highest BCUT2D eigenvalue weighted by atomic mass is 32.1. The van der Waals surface area contributed by atoms with Gasteiger partial charge in [-0.3, -0.25) is 4.79 Å². The third-order valence-corrected chi connectivity index (χ3v) is 3.66. The fourth-order valence-electron chi connectivity index (χ4n) is 1.61. The first-order valence-electron chi connectivity index (χ1n) is 5.75. The number of Topliss-reactive ketones (excluding diaryl/α,β-unsaturated/α-hetero) is 1. The van der Waals surface area contributed by atoms with Crippen molar-refractivity contribution in [1.29, 1.82) is 0 Å². The van der Waals surface area contributed by atoms with Gasteiger partial charge in [0.25, 0.3) is 0 Å². The summed E-state index contributed by atoms with van der Waals surface area (Å²) in [6.45, 7) is 1.31. The highest BCUT2D eigenvalue weighted by Crippen LogP contribution is 2.23. The lowest BCUT2D eigenvalue weighted by atomic mass is 10.1. The number of aryl methyl sites for hydroxylation is 1. The third kappa shape index (κ3) is 2.97. The first-order valence-corrected chi connectivity index (χ1v) is 6.63. The van der Waals surface area contributed by atoms with Gasteiger partial charge in [0.2, 0.25) is 5.78 Å². The maximum absolute atomic E-state index is 11.8. The van der Waals surface area contributed by atoms with Crippen LogP contribution in [0.25, 0.3) is 0 Å². The molecule has 0 spiro atoms. The molecular weight excluding hydrogens is 280 g/mol. The van der Waals surface area contributed by atoms with E-state index in [9.17, 15) is 14.7 Å². The fourth-order valence-corrected chi connectivity index (χ4v) is 2.43. The van der Waals surface area contributed by atoms with E-state index in [-0.39, 0.29) is 17.1 Å². The summed E-state index contributed by atoms with van der Waals surface area (Å²) in [5, 5.41) is 20.4. The molecule has 0 unspecified atom stereocenters. The van der Waals surface area contributed by atoms with Crippen LogP contribution in [0.2, 0.25) is 0 Å². The molecule has 0 atom stereocenters. The molecule has 0 saturated carbocycles. The minimum atomic E-state index is -0.566. The smallest absolute Gasteiger partial charge is 0.349 e. The number of aromatic hydroxyl groups is 2. The molecule has 1 heterocycles. The van der Waals surface area contributed by atoms with E-state index in [1.165, 1.54) is 23.5 Å². The Kier molecular flexibility index (Phi) is 4.05. The normalized spacial score (nSPS) is 10.2. The molecule has 2 aromatic rings. The van der Waals surface area contributed by atoms with Crippen LogP contribution in [0.4, 0.5) is 0 Å². The van der Waals surface area contributed by atoms with Crippen molar-refractivity contribution in [2.24, 2.45) is 0 Å². The molecule has 0 radical (unpaired) electrons. The van der Waals surface area contributed by atoms with E-state index in [2.05, 4.69) is 0 Å². The Hall–Kier alpha value is -2.34. The highest BCUT2D eigenvalue weighted by Gasteiger charge is 2.17. The van der Waals surface area contributed by atoms with Gasteiger partial charge in [0, 0.05) is 6.07 Å². The van der Waals surface area contributed by atoms with E-state index in [1.807, 2.05) is 0 Å². The first kappa shape index (κ1) is 14.1. The summed E-state index contributed by atoms with van der Waals surface area (Å²) in [7, 11) is 0. The third-order valence-electron chi connectivity index (χ3n) is 2.66. The van der Waals surface area contributed by atoms with Gasteiger partial charge in [-0.05, 0) is 36.1 Å². The number of carbonyl (C=O) groups is 2. The van der Waals surface area contributed by atoms with Crippen molar-refractivity contribution in [2.45, 2.75) is 6.92 Å². The average Bonchev–Trinajstić information content (AvgIpc) is 2.82. The minimum Gasteiger partial charge on any atom is -0.508 e. The Balaban J connectivity index is 2.02. The average molecular weight is 292 g/mol. The van der Waals surface area contributed by atoms with E-state index in [0.717, 1.165) is 11.6 Å². The number of hydrogen-bond donors (Lipinski definition) is 2. The first-order chi connectivity index (χ1) is 9.49. The number of ketones is 1. The molecule has 0 aliphatic heterocycles. The second kappa shape index (κ2) is 5.75. The van der Waals surface area contributed by atoms with Crippen molar-refractivity contribution in [3.8, 4) is 11.5 Å². The van der Waals surface area contributed by atoms with Gasteiger partial charge in [-0.2, -0.15) is 0 Å². The second-order valence-corrected chi connectivity index (χ2v) is 5.05. The standard InChI is InChI=1S/C14H12O5S/c1-8-4-5-20-13(8)14(18)19-7-12(17)10-3-2-9(15)6-11(10)16/h2-6,15-16H,7H2,1H3. The molecule has 6 heteroatoms. The number of hydrogen-bond acceptors (Lipinski definition) is 6. The lowest BCUT2D eigenvalue weighted by Crippen LogP contribution is -2.14. The molecule has 0 saturated heterocycles. The Labute approximate surface area is 119 Å². The number of benzene rings is 1. The van der Waals surface area contributed by atoms with Crippen molar-refractivity contribution in [2.75, 3.05) is 6.61 Å². The van der Waals surface area contributed by atoms with E-state index in [1.54, 1.807) is 18.4 Å². The summed E-state index contributed by atoms with van der Waals surface area (Å²) in [4.78, 5) is 24.0. The fraction of sp³-hybridized carbons (Fsp3) is 0.143. The zero-order chi connectivity index (χ0) is 14.7. The van der Waals surface area contributed by atoms with Crippen LogP contribution < -0.4 is 0 Å². The number of phenolic OH excluding ortho intramolecular Hbond substituents is 2. The van der Waals surface area contributed by atoms with Gasteiger partial charge < -0.3 is 14.9 Å². The minimum absolute atomic E-state index is 0.00139. The van der Waals surface area contributed by atoms with Crippen LogP contribution in [-0.2, 0) is 4.74 Å². The van der Waals surface area contributed by atoms with Crippen LogP contribution >= 0.6 is 11.3 Å². The number of phenols is 2. The molecule has 5 nitrogen and oxygen atoms in total. The number of ether oxygens (including phenoxy) is 1. The van der Waals surface area contributed by atoms with Crippen LogP contribution in [0.5, 0.6) is 11.5 Å². The van der Waals surface area contributed by atoms with Crippen LogP contribution in [0.3, 0.4) is 0 Å². The Morgan fingerprint density at radius 1 is 1.25 bits per heavy atom. The zero-order valence-corrected chi connectivity index (χ0v) is 11.4. The van der Waals surface area contributed by atoms with Gasteiger partial charge in [-0.1, -0.05) is 0 Å². The highest BCUT2D eigenvalue weighted by molar-refractivity contribution is 7.12. The van der Waals surface area contributed by atoms with Crippen LogP contribution in [0.15, 0.2) is 29.6 Å². The molecule has 0 fully saturated rings. The number of rotatable bonds is 4. The van der Waals surface area contributed by atoms with Crippen LogP contribution in [0, 0.1) is 6.92 Å². The molecule has 20 heavy (non-hydrogen) atoms. The maximum atomic E-state index is 11.8. The number of carbonyl (C=O) groups excluding carboxylic acids is 2. The molecule has 2 N–H and O–H groups in total. The predicted molar refractivity (Wildman–Crippen MR) is 73.4 cm³/mol. The van der Waals surface area contributed by atoms with E-state index in [4.69, 9.17) is 9.84 Å². The topological polar surface area (TPSA) is 83.8 Å². The van der Waals surface area contributed by atoms with Crippen molar-refractivity contribution in [1.82, 2.24) is 0 Å². The summed E-state index contributed by atoms with van der Waals surface area (Å²) in [5.74, 6) is -1.60. The van der Waals surface area contributed by atoms with Gasteiger partial charge in [-0.25, -0.2) is 4.79 Å². The summed E-state index contributed by atoms with van der Waals surface area (Å²) in [6, 6.07) is 5.39. The molecule has 0 aliphatic carbocycles. The summed E-state index contributed by atoms with van der Waals surface area (Å²) < 4.78 is 4.92. The molecule has 0 amide bonds.